The van der Waals surface area contributed by atoms with Crippen LogP contribution in [0.25, 0.3) is 34.2 Å². The zero-order valence-electron chi connectivity index (χ0n) is 21.1. The SMILES string of the molecule is Cc1ccc(-c2nc(-c3ccc(CC(NC(=O)c4cccc(-c5ccc(C)o5)c4)C(=O)O)cc3F)no2)cc1. The highest BCUT2D eigenvalue weighted by atomic mass is 19.1. The van der Waals surface area contributed by atoms with Crippen molar-refractivity contribution < 1.29 is 28.0 Å². The Labute approximate surface area is 223 Å². The molecule has 5 aromatic rings. The fraction of sp³-hybridized carbons (Fsp3) is 0.133. The molecule has 3 aromatic carbocycles. The van der Waals surface area contributed by atoms with Gasteiger partial charge < -0.3 is 19.4 Å². The van der Waals surface area contributed by atoms with E-state index in [1.807, 2.05) is 44.2 Å². The standard InChI is InChI=1S/C30H24FN3O5/c1-17-6-10-20(11-7-17)29-33-27(34-39-29)23-12-9-19(14-24(23)31)15-25(30(36)37)32-28(35)22-5-3-4-21(16-22)26-13-8-18(2)38-26/h3-14,16,25H,15H2,1-2H3,(H,32,35)(H,36,37). The summed E-state index contributed by atoms with van der Waals surface area (Å²) in [5, 5.41) is 16.1. The second-order valence-electron chi connectivity index (χ2n) is 9.16. The van der Waals surface area contributed by atoms with E-state index >= 15 is 4.39 Å². The van der Waals surface area contributed by atoms with Gasteiger partial charge in [-0.1, -0.05) is 41.1 Å². The molecule has 0 aliphatic carbocycles. The van der Waals surface area contributed by atoms with E-state index < -0.39 is 23.7 Å². The highest BCUT2D eigenvalue weighted by Crippen LogP contribution is 2.26. The first-order chi connectivity index (χ1) is 18.8. The number of aryl methyl sites for hydroxylation is 2. The number of nitrogens with zero attached hydrogens (tertiary/aromatic N) is 2. The topological polar surface area (TPSA) is 118 Å². The van der Waals surface area contributed by atoms with E-state index in [0.29, 0.717) is 22.5 Å². The number of furan rings is 1. The van der Waals surface area contributed by atoms with Crippen molar-refractivity contribution in [2.45, 2.75) is 26.3 Å². The predicted octanol–water partition coefficient (Wildman–Crippen LogP) is 5.85. The van der Waals surface area contributed by atoms with E-state index in [-0.39, 0.29) is 29.3 Å². The van der Waals surface area contributed by atoms with E-state index in [0.717, 1.165) is 11.3 Å². The number of hydrogen-bond acceptors (Lipinski definition) is 6. The van der Waals surface area contributed by atoms with Crippen molar-refractivity contribution in [2.24, 2.45) is 0 Å². The fourth-order valence-electron chi connectivity index (χ4n) is 4.09. The van der Waals surface area contributed by atoms with Crippen LogP contribution in [0.15, 0.2) is 87.8 Å². The molecule has 2 N–H and O–H groups in total. The van der Waals surface area contributed by atoms with Gasteiger partial charge in [-0.25, -0.2) is 9.18 Å². The van der Waals surface area contributed by atoms with Crippen molar-refractivity contribution in [3.05, 3.63) is 107 Å². The normalized spacial score (nSPS) is 11.8. The predicted molar refractivity (Wildman–Crippen MR) is 141 cm³/mol. The van der Waals surface area contributed by atoms with Crippen LogP contribution in [0.3, 0.4) is 0 Å². The molecular formula is C30H24FN3O5. The molecule has 0 aliphatic rings. The van der Waals surface area contributed by atoms with Gasteiger partial charge in [-0.2, -0.15) is 4.98 Å². The van der Waals surface area contributed by atoms with Crippen molar-refractivity contribution in [2.75, 3.05) is 0 Å². The van der Waals surface area contributed by atoms with Gasteiger partial charge in [0.15, 0.2) is 0 Å². The minimum atomic E-state index is -1.28. The second kappa shape index (κ2) is 10.7. The molecule has 0 spiro atoms. The van der Waals surface area contributed by atoms with E-state index in [4.69, 9.17) is 8.94 Å². The van der Waals surface area contributed by atoms with Crippen molar-refractivity contribution >= 4 is 11.9 Å². The summed E-state index contributed by atoms with van der Waals surface area (Å²) in [5.74, 6) is -0.792. The number of amides is 1. The van der Waals surface area contributed by atoms with Crippen LogP contribution in [0.5, 0.6) is 0 Å². The van der Waals surface area contributed by atoms with Crippen LogP contribution in [0, 0.1) is 19.7 Å². The number of carbonyl (C=O) groups excluding carboxylic acids is 1. The Morgan fingerprint density at radius 2 is 1.77 bits per heavy atom. The fourth-order valence-corrected chi connectivity index (χ4v) is 4.09. The van der Waals surface area contributed by atoms with Crippen molar-refractivity contribution in [3.63, 3.8) is 0 Å². The lowest BCUT2D eigenvalue weighted by molar-refractivity contribution is -0.139. The molecule has 9 heteroatoms. The zero-order valence-corrected chi connectivity index (χ0v) is 21.1. The van der Waals surface area contributed by atoms with Gasteiger partial charge in [0.25, 0.3) is 11.8 Å². The monoisotopic (exact) mass is 525 g/mol. The maximum absolute atomic E-state index is 15.0. The third-order valence-electron chi connectivity index (χ3n) is 6.19. The molecule has 8 nitrogen and oxygen atoms in total. The number of carboxylic acid groups (broad SMARTS) is 1. The molecule has 0 fully saturated rings. The average Bonchev–Trinajstić information content (AvgIpc) is 3.58. The van der Waals surface area contributed by atoms with E-state index in [1.165, 1.54) is 12.1 Å². The first-order valence-electron chi connectivity index (χ1n) is 12.2. The van der Waals surface area contributed by atoms with Gasteiger partial charge in [0.1, 0.15) is 23.4 Å². The quantitative estimate of drug-likeness (QED) is 0.261. The Hall–Kier alpha value is -5.05. The summed E-state index contributed by atoms with van der Waals surface area (Å²) >= 11 is 0. The summed E-state index contributed by atoms with van der Waals surface area (Å²) in [6.45, 7) is 3.78. The zero-order chi connectivity index (χ0) is 27.5. The number of hydrogen-bond donors (Lipinski definition) is 2. The van der Waals surface area contributed by atoms with Gasteiger partial charge in [0, 0.05) is 23.1 Å². The minimum Gasteiger partial charge on any atom is -0.480 e. The lowest BCUT2D eigenvalue weighted by Gasteiger charge is -2.15. The Morgan fingerprint density at radius 3 is 2.46 bits per heavy atom. The van der Waals surface area contributed by atoms with Crippen LogP contribution < -0.4 is 5.32 Å². The Balaban J connectivity index is 1.30. The average molecular weight is 526 g/mol. The molecular weight excluding hydrogens is 501 g/mol. The number of rotatable bonds is 8. The highest BCUT2D eigenvalue weighted by molar-refractivity contribution is 5.97. The van der Waals surface area contributed by atoms with Crippen LogP contribution >= 0.6 is 0 Å². The van der Waals surface area contributed by atoms with Gasteiger partial charge in [-0.3, -0.25) is 4.79 Å². The van der Waals surface area contributed by atoms with E-state index in [1.54, 1.807) is 36.4 Å². The van der Waals surface area contributed by atoms with E-state index in [9.17, 15) is 14.7 Å². The molecule has 0 radical (unpaired) electrons. The number of carboxylic acids is 1. The number of carbonyl (C=O) groups is 2. The first-order valence-corrected chi connectivity index (χ1v) is 12.2. The second-order valence-corrected chi connectivity index (χ2v) is 9.16. The molecule has 0 saturated carbocycles. The Bertz CT molecular complexity index is 1660. The molecule has 5 rings (SSSR count). The van der Waals surface area contributed by atoms with E-state index in [2.05, 4.69) is 15.5 Å². The van der Waals surface area contributed by atoms with Gasteiger partial charge in [-0.05, 0) is 67.9 Å². The van der Waals surface area contributed by atoms with Gasteiger partial charge >= 0.3 is 5.97 Å². The molecule has 1 unspecified atom stereocenters. The number of halogens is 1. The van der Waals surface area contributed by atoms with Gasteiger partial charge in [0.2, 0.25) is 5.82 Å². The summed E-state index contributed by atoms with van der Waals surface area (Å²) in [7, 11) is 0. The lowest BCUT2D eigenvalue weighted by Crippen LogP contribution is -2.42. The van der Waals surface area contributed by atoms with Crippen LogP contribution in [-0.2, 0) is 11.2 Å². The Kier molecular flexibility index (Phi) is 7.05. The summed E-state index contributed by atoms with van der Waals surface area (Å²) in [6.07, 6.45) is -0.129. The molecule has 2 heterocycles. The van der Waals surface area contributed by atoms with Crippen molar-refractivity contribution in [1.82, 2.24) is 15.5 Å². The van der Waals surface area contributed by atoms with Crippen molar-refractivity contribution in [3.8, 4) is 34.2 Å². The smallest absolute Gasteiger partial charge is 0.326 e. The number of nitrogens with one attached hydrogen (secondary N) is 1. The molecule has 196 valence electrons. The Morgan fingerprint density at radius 1 is 0.974 bits per heavy atom. The van der Waals surface area contributed by atoms with Crippen LogP contribution in [-0.4, -0.2) is 33.2 Å². The summed E-state index contributed by atoms with van der Waals surface area (Å²) in [5.41, 5.74) is 3.24. The van der Waals surface area contributed by atoms with Crippen LogP contribution in [0.2, 0.25) is 0 Å². The maximum atomic E-state index is 15.0. The van der Waals surface area contributed by atoms with Crippen LogP contribution in [0.4, 0.5) is 4.39 Å². The third kappa shape index (κ3) is 5.77. The molecule has 0 bridgehead atoms. The maximum Gasteiger partial charge on any atom is 0.326 e. The molecule has 2 aromatic heterocycles. The molecule has 1 amide bonds. The summed E-state index contributed by atoms with van der Waals surface area (Å²) in [6, 6.07) is 20.7. The minimum absolute atomic E-state index is 0.0735. The summed E-state index contributed by atoms with van der Waals surface area (Å²) < 4.78 is 25.9. The van der Waals surface area contributed by atoms with Crippen molar-refractivity contribution in [1.29, 1.82) is 0 Å². The number of benzene rings is 3. The third-order valence-corrected chi connectivity index (χ3v) is 6.19. The summed E-state index contributed by atoms with van der Waals surface area (Å²) in [4.78, 5) is 29.1. The lowest BCUT2D eigenvalue weighted by atomic mass is 10.0. The molecule has 0 aliphatic heterocycles. The number of aliphatic carboxylic acids is 1. The molecule has 1 atom stereocenters. The van der Waals surface area contributed by atoms with Gasteiger partial charge in [0.05, 0.1) is 5.56 Å². The molecule has 0 saturated heterocycles. The largest absolute Gasteiger partial charge is 0.480 e. The molecule has 39 heavy (non-hydrogen) atoms. The first kappa shape index (κ1) is 25.6. The number of aromatic nitrogens is 2. The van der Waals surface area contributed by atoms with Gasteiger partial charge in [-0.15, -0.1) is 0 Å². The highest BCUT2D eigenvalue weighted by Gasteiger charge is 2.23. The van der Waals surface area contributed by atoms with Crippen LogP contribution in [0.1, 0.15) is 27.2 Å².